The van der Waals surface area contributed by atoms with Gasteiger partial charge in [-0.05, 0) is 25.0 Å². The Morgan fingerprint density at radius 2 is 2.04 bits per heavy atom. The summed E-state index contributed by atoms with van der Waals surface area (Å²) in [6.07, 6.45) is 1.14. The third-order valence-electron chi connectivity index (χ3n) is 3.22. The molecule has 0 fully saturated rings. The molecule has 3 rings (SSSR count). The van der Waals surface area contributed by atoms with Gasteiger partial charge in [0.25, 0.3) is 11.3 Å². The summed E-state index contributed by atoms with van der Waals surface area (Å²) in [5, 5.41) is 15.0. The number of H-pyrrole nitrogens is 1. The molecule has 0 spiro atoms. The number of rotatable bonds is 4. The number of nitrogens with one attached hydrogen (secondary N) is 2. The number of benzene rings is 1. The highest BCUT2D eigenvalue weighted by Crippen LogP contribution is 2.20. The molecular weight excluding hydrogens is 316 g/mol. The summed E-state index contributed by atoms with van der Waals surface area (Å²) in [6.45, 7) is 3.89. The van der Waals surface area contributed by atoms with Crippen LogP contribution in [0.3, 0.4) is 0 Å². The van der Waals surface area contributed by atoms with Gasteiger partial charge in [0.05, 0.1) is 5.75 Å². The van der Waals surface area contributed by atoms with Gasteiger partial charge >= 0.3 is 0 Å². The van der Waals surface area contributed by atoms with Gasteiger partial charge in [-0.2, -0.15) is 9.61 Å². The first kappa shape index (κ1) is 15.2. The normalized spacial score (nSPS) is 10.9. The molecule has 0 saturated carbocycles. The minimum atomic E-state index is -0.353. The highest BCUT2D eigenvalue weighted by Gasteiger charge is 2.12. The second kappa shape index (κ2) is 6.21. The summed E-state index contributed by atoms with van der Waals surface area (Å²) < 4.78 is 1.39. The Hall–Kier alpha value is -2.68. The van der Waals surface area contributed by atoms with Crippen molar-refractivity contribution < 1.29 is 4.79 Å². The van der Waals surface area contributed by atoms with Crippen LogP contribution >= 0.6 is 11.8 Å². The fraction of sp³-hybridized carbons (Fsp3) is 0.214. The first-order valence-electron chi connectivity index (χ1n) is 6.84. The number of para-hydroxylation sites is 1. The molecule has 2 heterocycles. The smallest absolute Gasteiger partial charge is 0.271 e. The Bertz CT molecular complexity index is 912. The third kappa shape index (κ3) is 3.24. The minimum absolute atomic E-state index is 0.145. The quantitative estimate of drug-likeness (QED) is 0.696. The monoisotopic (exact) mass is 330 g/mol. The van der Waals surface area contributed by atoms with Crippen LogP contribution in [-0.4, -0.2) is 36.5 Å². The van der Waals surface area contributed by atoms with E-state index in [4.69, 9.17) is 0 Å². The Kier molecular flexibility index (Phi) is 4.11. The molecule has 9 heteroatoms. The van der Waals surface area contributed by atoms with E-state index in [9.17, 15) is 9.59 Å². The number of thioether (sulfide) groups is 1. The fourth-order valence-electron chi connectivity index (χ4n) is 2.11. The van der Waals surface area contributed by atoms with E-state index in [1.54, 1.807) is 0 Å². The van der Waals surface area contributed by atoms with E-state index in [-0.39, 0.29) is 23.0 Å². The van der Waals surface area contributed by atoms with Crippen LogP contribution in [0.4, 0.5) is 5.69 Å². The summed E-state index contributed by atoms with van der Waals surface area (Å²) in [4.78, 5) is 25.8. The zero-order valence-electron chi connectivity index (χ0n) is 12.5. The first-order valence-corrected chi connectivity index (χ1v) is 7.83. The van der Waals surface area contributed by atoms with Crippen LogP contribution in [0.25, 0.3) is 5.78 Å². The van der Waals surface area contributed by atoms with E-state index in [0.717, 1.165) is 23.0 Å². The molecule has 0 aliphatic rings. The van der Waals surface area contributed by atoms with Crippen LogP contribution in [0, 0.1) is 13.8 Å². The van der Waals surface area contributed by atoms with E-state index in [0.29, 0.717) is 5.16 Å². The molecule has 0 atom stereocenters. The number of fused-ring (bicyclic) bond motifs is 1. The Balaban J connectivity index is 1.70. The number of aromatic nitrogens is 5. The lowest BCUT2D eigenvalue weighted by molar-refractivity contribution is -0.113. The largest absolute Gasteiger partial charge is 0.325 e. The van der Waals surface area contributed by atoms with Crippen molar-refractivity contribution in [2.75, 3.05) is 11.1 Å². The van der Waals surface area contributed by atoms with Crippen molar-refractivity contribution in [3.63, 3.8) is 0 Å². The van der Waals surface area contributed by atoms with E-state index in [1.807, 2.05) is 32.0 Å². The van der Waals surface area contributed by atoms with Gasteiger partial charge in [-0.1, -0.05) is 30.0 Å². The van der Waals surface area contributed by atoms with E-state index in [2.05, 4.69) is 25.6 Å². The molecule has 0 unspecified atom stereocenters. The lowest BCUT2D eigenvalue weighted by Gasteiger charge is -2.10. The van der Waals surface area contributed by atoms with Gasteiger partial charge in [-0.25, -0.2) is 0 Å². The summed E-state index contributed by atoms with van der Waals surface area (Å²) >= 11 is 1.19. The van der Waals surface area contributed by atoms with Crippen LogP contribution in [-0.2, 0) is 4.79 Å². The van der Waals surface area contributed by atoms with E-state index < -0.39 is 0 Å². The molecule has 23 heavy (non-hydrogen) atoms. The average molecular weight is 330 g/mol. The van der Waals surface area contributed by atoms with Gasteiger partial charge < -0.3 is 5.32 Å². The minimum Gasteiger partial charge on any atom is -0.325 e. The maximum Gasteiger partial charge on any atom is 0.271 e. The van der Waals surface area contributed by atoms with Crippen molar-refractivity contribution in [3.8, 4) is 0 Å². The number of hydrogen-bond acceptors (Lipinski definition) is 6. The molecule has 118 valence electrons. The highest BCUT2D eigenvalue weighted by atomic mass is 32.2. The number of nitrogens with zero attached hydrogens (tertiary/aromatic N) is 4. The van der Waals surface area contributed by atoms with Crippen LogP contribution in [0.2, 0.25) is 0 Å². The standard InChI is InChI=1S/C14H14N6O2S/c1-8-4-3-5-9(2)12(8)16-11(22)7-23-14-19-18-13-17-10(21)6-15-20(13)14/h3-6H,7H2,1-2H3,(H,16,22)(H,17,18,21). The van der Waals surface area contributed by atoms with Crippen LogP contribution in [0.15, 0.2) is 34.3 Å². The molecular formula is C14H14N6O2S. The van der Waals surface area contributed by atoms with Crippen molar-refractivity contribution in [2.45, 2.75) is 19.0 Å². The molecule has 0 saturated heterocycles. The number of hydrogen-bond donors (Lipinski definition) is 2. The van der Waals surface area contributed by atoms with Crippen molar-refractivity contribution in [1.82, 2.24) is 24.8 Å². The van der Waals surface area contributed by atoms with E-state index >= 15 is 0 Å². The van der Waals surface area contributed by atoms with Crippen molar-refractivity contribution >= 4 is 29.1 Å². The first-order chi connectivity index (χ1) is 11.0. The fourth-order valence-corrected chi connectivity index (χ4v) is 2.79. The number of carbonyl (C=O) groups excluding carboxylic acids is 1. The summed E-state index contributed by atoms with van der Waals surface area (Å²) in [5.41, 5.74) is 2.49. The SMILES string of the molecule is Cc1cccc(C)c1NC(=O)CSc1nnc2[nH]c(=O)cnn12. The van der Waals surface area contributed by atoms with Gasteiger partial charge in [0.1, 0.15) is 6.20 Å². The highest BCUT2D eigenvalue weighted by molar-refractivity contribution is 7.99. The Morgan fingerprint density at radius 3 is 2.78 bits per heavy atom. The summed E-state index contributed by atoms with van der Waals surface area (Å²) in [7, 11) is 0. The topological polar surface area (TPSA) is 105 Å². The van der Waals surface area contributed by atoms with E-state index in [1.165, 1.54) is 16.3 Å². The van der Waals surface area contributed by atoms with Crippen molar-refractivity contribution in [2.24, 2.45) is 0 Å². The molecule has 8 nitrogen and oxygen atoms in total. The second-order valence-corrected chi connectivity index (χ2v) is 5.90. The Morgan fingerprint density at radius 1 is 1.30 bits per heavy atom. The molecule has 0 aliphatic carbocycles. The summed E-state index contributed by atoms with van der Waals surface area (Å²) in [5.74, 6) is 0.263. The lowest BCUT2D eigenvalue weighted by Crippen LogP contribution is -2.16. The maximum atomic E-state index is 12.1. The number of aromatic amines is 1. The third-order valence-corrected chi connectivity index (χ3v) is 4.13. The van der Waals surface area contributed by atoms with Crippen molar-refractivity contribution in [1.29, 1.82) is 0 Å². The van der Waals surface area contributed by atoms with Gasteiger partial charge in [0.15, 0.2) is 0 Å². The van der Waals surface area contributed by atoms with Gasteiger partial charge in [0.2, 0.25) is 11.1 Å². The molecule has 2 N–H and O–H groups in total. The number of carbonyl (C=O) groups is 1. The molecule has 0 radical (unpaired) electrons. The zero-order chi connectivity index (χ0) is 16.4. The molecule has 3 aromatic rings. The molecule has 0 aliphatic heterocycles. The lowest BCUT2D eigenvalue weighted by atomic mass is 10.1. The second-order valence-electron chi connectivity index (χ2n) is 4.96. The van der Waals surface area contributed by atoms with Crippen LogP contribution < -0.4 is 10.9 Å². The molecule has 0 bridgehead atoms. The van der Waals surface area contributed by atoms with Crippen molar-refractivity contribution in [3.05, 3.63) is 45.9 Å². The van der Waals surface area contributed by atoms with Gasteiger partial charge in [0, 0.05) is 5.69 Å². The zero-order valence-corrected chi connectivity index (χ0v) is 13.3. The Labute approximate surface area is 135 Å². The predicted molar refractivity (Wildman–Crippen MR) is 86.7 cm³/mol. The number of amides is 1. The average Bonchev–Trinajstić information content (AvgIpc) is 2.91. The van der Waals surface area contributed by atoms with Gasteiger partial charge in [-0.15, -0.1) is 10.2 Å². The predicted octanol–water partition coefficient (Wildman–Crippen LogP) is 1.16. The number of anilines is 1. The maximum absolute atomic E-state index is 12.1. The number of aryl methyl sites for hydroxylation is 2. The molecule has 1 amide bonds. The molecule has 1 aromatic carbocycles. The summed E-state index contributed by atoms with van der Waals surface area (Å²) in [6, 6.07) is 5.84. The van der Waals surface area contributed by atoms with Crippen LogP contribution in [0.5, 0.6) is 0 Å². The van der Waals surface area contributed by atoms with Gasteiger partial charge in [-0.3, -0.25) is 14.6 Å². The van der Waals surface area contributed by atoms with Crippen LogP contribution in [0.1, 0.15) is 11.1 Å². The molecule has 2 aromatic heterocycles.